The normalized spacial score (nSPS) is 25.3. The summed E-state index contributed by atoms with van der Waals surface area (Å²) in [6.45, 7) is 0. The number of nitrogen functional groups attached to an aromatic ring is 1. The molecule has 0 heterocycles. The van der Waals surface area contributed by atoms with Crippen molar-refractivity contribution < 1.29 is 5.11 Å². The smallest absolute Gasteiger partial charge is 0.0741 e. The molecule has 1 aromatic carbocycles. The van der Waals surface area contributed by atoms with Crippen LogP contribution in [0.4, 0.5) is 11.4 Å². The van der Waals surface area contributed by atoms with Gasteiger partial charge in [-0.3, -0.25) is 0 Å². The Kier molecular flexibility index (Phi) is 4.13. The molecule has 2 unspecified atom stereocenters. The van der Waals surface area contributed by atoms with Crippen molar-refractivity contribution in [2.24, 2.45) is 0 Å². The van der Waals surface area contributed by atoms with E-state index in [0.717, 1.165) is 31.4 Å². The van der Waals surface area contributed by atoms with E-state index in [0.29, 0.717) is 10.7 Å². The summed E-state index contributed by atoms with van der Waals surface area (Å²) in [7, 11) is 0. The fourth-order valence-corrected chi connectivity index (χ4v) is 2.48. The molecule has 2 atom stereocenters. The summed E-state index contributed by atoms with van der Waals surface area (Å²) in [5.41, 5.74) is 7.38. The zero-order chi connectivity index (χ0) is 12.3. The Balaban J connectivity index is 2.10. The molecule has 4 N–H and O–H groups in total. The third-order valence-electron chi connectivity index (χ3n) is 3.34. The van der Waals surface area contributed by atoms with Gasteiger partial charge in [0.05, 0.1) is 23.5 Å². The van der Waals surface area contributed by atoms with Crippen LogP contribution in [-0.4, -0.2) is 17.3 Å². The summed E-state index contributed by atoms with van der Waals surface area (Å²) in [6, 6.07) is 5.45. The average Bonchev–Trinajstić information content (AvgIpc) is 2.50. The second-order valence-electron chi connectivity index (χ2n) is 4.69. The van der Waals surface area contributed by atoms with Gasteiger partial charge < -0.3 is 16.2 Å². The third-order valence-corrected chi connectivity index (χ3v) is 3.57. The van der Waals surface area contributed by atoms with Gasteiger partial charge in [-0.15, -0.1) is 0 Å². The van der Waals surface area contributed by atoms with Gasteiger partial charge in [0, 0.05) is 5.02 Å². The summed E-state index contributed by atoms with van der Waals surface area (Å²) in [5, 5.41) is 14.0. The molecule has 0 aliphatic heterocycles. The second kappa shape index (κ2) is 5.61. The average molecular weight is 255 g/mol. The highest BCUT2D eigenvalue weighted by molar-refractivity contribution is 6.31. The maximum Gasteiger partial charge on any atom is 0.0741 e. The van der Waals surface area contributed by atoms with Gasteiger partial charge in [0.15, 0.2) is 0 Å². The van der Waals surface area contributed by atoms with Gasteiger partial charge >= 0.3 is 0 Å². The van der Waals surface area contributed by atoms with Gasteiger partial charge in [0.25, 0.3) is 0 Å². The van der Waals surface area contributed by atoms with Crippen LogP contribution in [0, 0.1) is 0 Å². The molecule has 0 amide bonds. The van der Waals surface area contributed by atoms with Crippen LogP contribution in [0.25, 0.3) is 0 Å². The Labute approximate surface area is 107 Å². The molecule has 17 heavy (non-hydrogen) atoms. The number of hydrogen-bond donors (Lipinski definition) is 3. The van der Waals surface area contributed by atoms with E-state index in [1.54, 1.807) is 12.1 Å². The Morgan fingerprint density at radius 1 is 1.24 bits per heavy atom. The van der Waals surface area contributed by atoms with Crippen molar-refractivity contribution in [2.75, 3.05) is 11.1 Å². The van der Waals surface area contributed by atoms with Gasteiger partial charge in [-0.25, -0.2) is 0 Å². The van der Waals surface area contributed by atoms with Crippen LogP contribution in [0.5, 0.6) is 0 Å². The number of hydrogen-bond acceptors (Lipinski definition) is 3. The summed E-state index contributed by atoms with van der Waals surface area (Å²) in [5.74, 6) is 0. The number of nitrogens with two attached hydrogens (primary N) is 1. The number of aliphatic hydroxyl groups is 1. The van der Waals surface area contributed by atoms with Gasteiger partial charge in [0.1, 0.15) is 0 Å². The zero-order valence-electron chi connectivity index (χ0n) is 9.82. The lowest BCUT2D eigenvalue weighted by Gasteiger charge is -2.23. The van der Waals surface area contributed by atoms with Crippen LogP contribution in [0.1, 0.15) is 32.1 Å². The topological polar surface area (TPSA) is 58.3 Å². The largest absolute Gasteiger partial charge is 0.397 e. The zero-order valence-corrected chi connectivity index (χ0v) is 10.6. The summed E-state index contributed by atoms with van der Waals surface area (Å²) < 4.78 is 0. The Morgan fingerprint density at radius 2 is 2.00 bits per heavy atom. The van der Waals surface area contributed by atoms with Crippen molar-refractivity contribution in [3.8, 4) is 0 Å². The van der Waals surface area contributed by atoms with Crippen molar-refractivity contribution >= 4 is 23.0 Å². The quantitative estimate of drug-likeness (QED) is 0.562. The van der Waals surface area contributed by atoms with Crippen molar-refractivity contribution in [1.29, 1.82) is 0 Å². The molecular weight excluding hydrogens is 236 g/mol. The molecule has 2 rings (SSSR count). The lowest BCUT2D eigenvalue weighted by atomic mass is 10.1. The summed E-state index contributed by atoms with van der Waals surface area (Å²) in [6.07, 6.45) is 4.99. The van der Waals surface area contributed by atoms with Crippen molar-refractivity contribution in [2.45, 2.75) is 44.2 Å². The third kappa shape index (κ3) is 3.27. The van der Waals surface area contributed by atoms with Crippen LogP contribution in [0.2, 0.25) is 5.02 Å². The van der Waals surface area contributed by atoms with Crippen LogP contribution in [0.3, 0.4) is 0 Å². The first-order valence-electron chi connectivity index (χ1n) is 6.16. The molecule has 1 aliphatic rings. The monoisotopic (exact) mass is 254 g/mol. The van der Waals surface area contributed by atoms with Crippen molar-refractivity contribution in [3.63, 3.8) is 0 Å². The van der Waals surface area contributed by atoms with Crippen LogP contribution in [0.15, 0.2) is 18.2 Å². The maximum absolute atomic E-state index is 10.0. The standard InChI is InChI=1S/C13H19ClN2O/c14-9-6-7-10(15)12(8-9)16-11-4-2-1-3-5-13(11)17/h6-8,11,13,16-17H,1-5,15H2. The van der Waals surface area contributed by atoms with E-state index in [9.17, 15) is 5.11 Å². The molecule has 1 fully saturated rings. The molecule has 1 saturated carbocycles. The van der Waals surface area contributed by atoms with E-state index in [-0.39, 0.29) is 12.1 Å². The van der Waals surface area contributed by atoms with Crippen LogP contribution < -0.4 is 11.1 Å². The van der Waals surface area contributed by atoms with E-state index < -0.39 is 0 Å². The minimum Gasteiger partial charge on any atom is -0.397 e. The predicted octanol–water partition coefficient (Wildman–Crippen LogP) is 3.03. The van der Waals surface area contributed by atoms with Crippen molar-refractivity contribution in [1.82, 2.24) is 0 Å². The number of anilines is 2. The molecule has 0 radical (unpaired) electrons. The minimum atomic E-state index is -0.295. The minimum absolute atomic E-state index is 0.0817. The first-order chi connectivity index (χ1) is 8.16. The van der Waals surface area contributed by atoms with E-state index in [2.05, 4.69) is 5.32 Å². The van der Waals surface area contributed by atoms with Crippen molar-refractivity contribution in [3.05, 3.63) is 23.2 Å². The molecule has 3 nitrogen and oxygen atoms in total. The lowest BCUT2D eigenvalue weighted by molar-refractivity contribution is 0.144. The summed E-state index contributed by atoms with van der Waals surface area (Å²) >= 11 is 5.95. The maximum atomic E-state index is 10.0. The molecule has 0 saturated heterocycles. The fourth-order valence-electron chi connectivity index (χ4n) is 2.31. The van der Waals surface area contributed by atoms with Crippen LogP contribution >= 0.6 is 11.6 Å². The van der Waals surface area contributed by atoms with E-state index in [1.165, 1.54) is 6.42 Å². The highest BCUT2D eigenvalue weighted by Crippen LogP contribution is 2.27. The first-order valence-corrected chi connectivity index (χ1v) is 6.54. The number of nitrogens with one attached hydrogen (secondary N) is 1. The molecule has 0 aromatic heterocycles. The molecule has 0 spiro atoms. The number of rotatable bonds is 2. The van der Waals surface area contributed by atoms with E-state index >= 15 is 0 Å². The first kappa shape index (κ1) is 12.5. The number of halogens is 1. The van der Waals surface area contributed by atoms with E-state index in [1.807, 2.05) is 6.07 Å². The molecular formula is C13H19ClN2O. The predicted molar refractivity (Wildman–Crippen MR) is 72.4 cm³/mol. The number of aliphatic hydroxyl groups excluding tert-OH is 1. The lowest BCUT2D eigenvalue weighted by Crippen LogP contribution is -2.32. The second-order valence-corrected chi connectivity index (χ2v) is 5.12. The Morgan fingerprint density at radius 3 is 2.82 bits per heavy atom. The molecule has 4 heteroatoms. The van der Waals surface area contributed by atoms with Gasteiger partial charge in [0.2, 0.25) is 0 Å². The van der Waals surface area contributed by atoms with Gasteiger partial charge in [-0.05, 0) is 31.0 Å². The SMILES string of the molecule is Nc1ccc(Cl)cc1NC1CCCCCC1O. The fraction of sp³-hybridized carbons (Fsp3) is 0.538. The molecule has 0 bridgehead atoms. The molecule has 1 aromatic rings. The molecule has 1 aliphatic carbocycles. The van der Waals surface area contributed by atoms with Crippen LogP contribution in [-0.2, 0) is 0 Å². The number of benzene rings is 1. The Hall–Kier alpha value is -0.930. The van der Waals surface area contributed by atoms with Gasteiger partial charge in [-0.2, -0.15) is 0 Å². The molecule has 94 valence electrons. The Bertz CT molecular complexity index is 384. The highest BCUT2D eigenvalue weighted by atomic mass is 35.5. The highest BCUT2D eigenvalue weighted by Gasteiger charge is 2.21. The van der Waals surface area contributed by atoms with Gasteiger partial charge in [-0.1, -0.05) is 30.9 Å². The summed E-state index contributed by atoms with van der Waals surface area (Å²) in [4.78, 5) is 0. The van der Waals surface area contributed by atoms with E-state index in [4.69, 9.17) is 17.3 Å².